The Hall–Kier alpha value is -0.160. The van der Waals surface area contributed by atoms with Crippen LogP contribution < -0.4 is 5.73 Å². The maximum Gasteiger partial charge on any atom is 0.0611 e. The van der Waals surface area contributed by atoms with Crippen LogP contribution in [-0.4, -0.2) is 55.0 Å². The van der Waals surface area contributed by atoms with E-state index in [1.165, 1.54) is 12.8 Å². The van der Waals surface area contributed by atoms with Gasteiger partial charge in [-0.25, -0.2) is 0 Å². The van der Waals surface area contributed by atoms with Crippen molar-refractivity contribution < 1.29 is 9.84 Å². The first kappa shape index (κ1) is 13.3. The molecule has 2 saturated carbocycles. The smallest absolute Gasteiger partial charge is 0.0611 e. The molecule has 4 heteroatoms. The van der Waals surface area contributed by atoms with E-state index in [0.717, 1.165) is 44.9 Å². The van der Waals surface area contributed by atoms with Crippen molar-refractivity contribution >= 4 is 0 Å². The van der Waals surface area contributed by atoms with E-state index in [-0.39, 0.29) is 12.1 Å². The van der Waals surface area contributed by atoms with E-state index in [1.54, 1.807) is 0 Å². The highest BCUT2D eigenvalue weighted by Gasteiger charge is 2.36. The van der Waals surface area contributed by atoms with Gasteiger partial charge in [0.25, 0.3) is 0 Å². The second-order valence-corrected chi connectivity index (χ2v) is 5.92. The normalized spacial score (nSPS) is 33.5. The Kier molecular flexibility index (Phi) is 4.42. The molecule has 0 heterocycles. The molecule has 2 atom stereocenters. The minimum atomic E-state index is -0.339. The highest BCUT2D eigenvalue weighted by Crippen LogP contribution is 2.30. The molecule has 100 valence electrons. The summed E-state index contributed by atoms with van der Waals surface area (Å²) >= 11 is 0. The van der Waals surface area contributed by atoms with E-state index >= 15 is 0 Å². The van der Waals surface area contributed by atoms with Crippen LogP contribution in [0.25, 0.3) is 0 Å². The lowest BCUT2D eigenvalue weighted by Gasteiger charge is -2.26. The van der Waals surface area contributed by atoms with E-state index in [9.17, 15) is 5.11 Å². The molecule has 3 N–H and O–H groups in total. The van der Waals surface area contributed by atoms with Gasteiger partial charge in [-0.1, -0.05) is 0 Å². The van der Waals surface area contributed by atoms with Crippen molar-refractivity contribution in [1.82, 2.24) is 4.90 Å². The van der Waals surface area contributed by atoms with E-state index in [1.807, 2.05) is 0 Å². The summed E-state index contributed by atoms with van der Waals surface area (Å²) in [5.41, 5.74) is 5.74. The van der Waals surface area contributed by atoms with Crippen LogP contribution in [0.4, 0.5) is 0 Å². The summed E-state index contributed by atoms with van der Waals surface area (Å²) in [7, 11) is 2.13. The van der Waals surface area contributed by atoms with Crippen LogP contribution >= 0.6 is 0 Å². The van der Waals surface area contributed by atoms with Gasteiger partial charge < -0.3 is 20.5 Å². The number of hydrogen-bond donors (Lipinski definition) is 2. The first-order chi connectivity index (χ1) is 8.13. The molecule has 0 amide bonds. The largest absolute Gasteiger partial charge is 0.394 e. The maximum absolute atomic E-state index is 9.24. The zero-order chi connectivity index (χ0) is 12.3. The summed E-state index contributed by atoms with van der Waals surface area (Å²) in [6.07, 6.45) is 5.63. The summed E-state index contributed by atoms with van der Waals surface area (Å²) in [5.74, 6) is 0.845. The minimum Gasteiger partial charge on any atom is -0.394 e. The highest BCUT2D eigenvalue weighted by atomic mass is 16.5. The molecule has 2 fully saturated rings. The average Bonchev–Trinajstić information content (AvgIpc) is 3.06. The monoisotopic (exact) mass is 242 g/mol. The molecule has 4 nitrogen and oxygen atoms in total. The predicted molar refractivity (Wildman–Crippen MR) is 67.8 cm³/mol. The second kappa shape index (κ2) is 5.65. The summed E-state index contributed by atoms with van der Waals surface area (Å²) in [6, 6.07) is 0.511. The van der Waals surface area contributed by atoms with Gasteiger partial charge in [0.2, 0.25) is 0 Å². The lowest BCUT2D eigenvalue weighted by molar-refractivity contribution is 0.0898. The molecule has 0 aromatic heterocycles. The third-order valence-electron chi connectivity index (χ3n) is 4.19. The van der Waals surface area contributed by atoms with Crippen molar-refractivity contribution in [1.29, 1.82) is 0 Å². The molecular formula is C13H26N2O2. The number of aliphatic hydroxyl groups excluding tert-OH is 1. The first-order valence-electron chi connectivity index (χ1n) is 6.81. The quantitative estimate of drug-likeness (QED) is 0.641. The number of ether oxygens (including phenoxy) is 1. The number of rotatable bonds is 7. The van der Waals surface area contributed by atoms with Crippen LogP contribution in [0.15, 0.2) is 0 Å². The van der Waals surface area contributed by atoms with Gasteiger partial charge in [0.1, 0.15) is 0 Å². The Bertz CT molecular complexity index is 246. The Balaban J connectivity index is 1.60. The molecule has 2 rings (SSSR count). The van der Waals surface area contributed by atoms with Crippen molar-refractivity contribution in [2.75, 3.05) is 33.4 Å². The van der Waals surface area contributed by atoms with Crippen LogP contribution in [0.2, 0.25) is 0 Å². The van der Waals surface area contributed by atoms with Crippen molar-refractivity contribution in [2.24, 2.45) is 11.7 Å². The number of nitrogens with zero attached hydrogens (tertiary/aromatic N) is 1. The molecule has 2 aliphatic rings. The first-order valence-corrected chi connectivity index (χ1v) is 6.81. The van der Waals surface area contributed by atoms with E-state index in [4.69, 9.17) is 10.5 Å². The van der Waals surface area contributed by atoms with Crippen LogP contribution in [-0.2, 0) is 4.74 Å². The molecule has 2 unspecified atom stereocenters. The lowest BCUT2D eigenvalue weighted by atomic mass is 10.0. The third-order valence-corrected chi connectivity index (χ3v) is 4.19. The van der Waals surface area contributed by atoms with Gasteiger partial charge in [0.05, 0.1) is 13.2 Å². The Morgan fingerprint density at radius 3 is 2.76 bits per heavy atom. The van der Waals surface area contributed by atoms with E-state index < -0.39 is 0 Å². The van der Waals surface area contributed by atoms with Gasteiger partial charge in [-0.3, -0.25) is 0 Å². The number of hydrogen-bond acceptors (Lipinski definition) is 4. The predicted octanol–water partition coefficient (Wildman–Crippen LogP) is 0.587. The second-order valence-electron chi connectivity index (χ2n) is 5.92. The molecule has 17 heavy (non-hydrogen) atoms. The molecule has 0 aliphatic heterocycles. The topological polar surface area (TPSA) is 58.7 Å². The fourth-order valence-electron chi connectivity index (χ4n) is 2.57. The Morgan fingerprint density at radius 1 is 1.41 bits per heavy atom. The number of nitrogens with two attached hydrogens (primary N) is 1. The zero-order valence-corrected chi connectivity index (χ0v) is 10.9. The molecule has 0 spiro atoms. The molecule has 0 radical (unpaired) electrons. The van der Waals surface area contributed by atoms with Gasteiger partial charge in [-0.05, 0) is 45.1 Å². The zero-order valence-electron chi connectivity index (χ0n) is 10.9. The molecule has 0 bridgehead atoms. The summed E-state index contributed by atoms with van der Waals surface area (Å²) < 4.78 is 5.64. The minimum absolute atomic E-state index is 0.107. The van der Waals surface area contributed by atoms with Crippen LogP contribution in [0.3, 0.4) is 0 Å². The lowest BCUT2D eigenvalue weighted by Crippen LogP contribution is -2.43. The third kappa shape index (κ3) is 3.91. The van der Waals surface area contributed by atoms with Crippen LogP contribution in [0.1, 0.15) is 32.1 Å². The van der Waals surface area contributed by atoms with Crippen LogP contribution in [0, 0.1) is 5.92 Å². The Labute approximate surface area is 104 Å². The number of aliphatic hydroxyl groups is 1. The number of likely N-dealkylation sites (N-methyl/N-ethyl adjacent to an activating group) is 1. The standard InChI is InChI=1S/C13H26N2O2/c1-15(6-7-17-9-11-2-3-11)12-4-5-13(14,8-12)10-16/h11-12,16H,2-10,14H2,1H3. The van der Waals surface area contributed by atoms with Gasteiger partial charge in [-0.2, -0.15) is 0 Å². The summed E-state index contributed by atoms with van der Waals surface area (Å²) in [4.78, 5) is 2.33. The summed E-state index contributed by atoms with van der Waals surface area (Å²) in [5, 5.41) is 9.24. The molecule has 0 saturated heterocycles. The molecule has 2 aliphatic carbocycles. The molecule has 0 aromatic rings. The fourth-order valence-corrected chi connectivity index (χ4v) is 2.57. The van der Waals surface area contributed by atoms with Crippen molar-refractivity contribution in [3.05, 3.63) is 0 Å². The SMILES string of the molecule is CN(CCOCC1CC1)C1CCC(N)(CO)C1. The van der Waals surface area contributed by atoms with Crippen molar-refractivity contribution in [2.45, 2.75) is 43.7 Å². The van der Waals surface area contributed by atoms with E-state index in [2.05, 4.69) is 11.9 Å². The fraction of sp³-hybridized carbons (Fsp3) is 1.00. The molecule has 0 aromatic carbocycles. The van der Waals surface area contributed by atoms with Crippen molar-refractivity contribution in [3.63, 3.8) is 0 Å². The van der Waals surface area contributed by atoms with Gasteiger partial charge >= 0.3 is 0 Å². The van der Waals surface area contributed by atoms with Gasteiger partial charge in [-0.15, -0.1) is 0 Å². The maximum atomic E-state index is 9.24. The van der Waals surface area contributed by atoms with Gasteiger partial charge in [0.15, 0.2) is 0 Å². The van der Waals surface area contributed by atoms with Crippen molar-refractivity contribution in [3.8, 4) is 0 Å². The van der Waals surface area contributed by atoms with Crippen LogP contribution in [0.5, 0.6) is 0 Å². The molecular weight excluding hydrogens is 216 g/mol. The Morgan fingerprint density at radius 2 is 2.18 bits per heavy atom. The average molecular weight is 242 g/mol. The van der Waals surface area contributed by atoms with Gasteiger partial charge in [0, 0.05) is 24.7 Å². The summed E-state index contributed by atoms with van der Waals surface area (Å²) in [6.45, 7) is 2.84. The highest BCUT2D eigenvalue weighted by molar-refractivity contribution is 4.96. The van der Waals surface area contributed by atoms with E-state index in [0.29, 0.717) is 6.04 Å².